The van der Waals surface area contributed by atoms with Crippen molar-refractivity contribution < 1.29 is 23.7 Å². The smallest absolute Gasteiger partial charge is 0.337 e. The van der Waals surface area contributed by atoms with Crippen molar-refractivity contribution >= 4 is 12.0 Å². The van der Waals surface area contributed by atoms with Crippen LogP contribution in [-0.4, -0.2) is 42.7 Å². The highest BCUT2D eigenvalue weighted by Gasteiger charge is 2.12. The molecule has 0 aliphatic rings. The number of hydrogen-bond donors (Lipinski definition) is 1. The van der Waals surface area contributed by atoms with Crippen molar-refractivity contribution in [2.45, 2.75) is 0 Å². The van der Waals surface area contributed by atoms with Crippen molar-refractivity contribution in [3.8, 4) is 23.1 Å². The first-order valence-electron chi connectivity index (χ1n) is 6.23. The van der Waals surface area contributed by atoms with Crippen LogP contribution in [0.3, 0.4) is 0 Å². The molecule has 0 amide bonds. The summed E-state index contributed by atoms with van der Waals surface area (Å²) in [4.78, 5) is 11.6. The second-order valence-corrected chi connectivity index (χ2v) is 4.02. The Balaban J connectivity index is 2.18. The lowest BCUT2D eigenvalue weighted by Gasteiger charge is -2.12. The topological polar surface area (TPSA) is 95.6 Å². The number of hydrogen-bond acceptors (Lipinski definition) is 7. The fourth-order valence-electron chi connectivity index (χ4n) is 1.74. The van der Waals surface area contributed by atoms with Gasteiger partial charge < -0.3 is 18.9 Å². The molecule has 0 saturated heterocycles. The van der Waals surface area contributed by atoms with Gasteiger partial charge in [0.25, 0.3) is 5.88 Å². The number of methoxy groups -OCH3 is 3. The maximum Gasteiger partial charge on any atom is 0.337 e. The van der Waals surface area contributed by atoms with Crippen LogP contribution in [-0.2, 0) is 4.79 Å². The number of aromatic amines is 1. The van der Waals surface area contributed by atoms with Crippen molar-refractivity contribution in [1.82, 2.24) is 15.4 Å². The number of H-pyrrole nitrogens is 1. The van der Waals surface area contributed by atoms with Crippen LogP contribution >= 0.6 is 0 Å². The van der Waals surface area contributed by atoms with Gasteiger partial charge in [-0.05, 0) is 23.8 Å². The molecule has 22 heavy (non-hydrogen) atoms. The fraction of sp³-hybridized carbons (Fsp3) is 0.214. The van der Waals surface area contributed by atoms with Crippen LogP contribution in [0.1, 0.15) is 5.56 Å². The van der Waals surface area contributed by atoms with E-state index in [9.17, 15) is 4.79 Å². The van der Waals surface area contributed by atoms with Crippen LogP contribution in [0.15, 0.2) is 24.4 Å². The van der Waals surface area contributed by atoms with Crippen LogP contribution in [0, 0.1) is 0 Å². The van der Waals surface area contributed by atoms with Gasteiger partial charge in [0.2, 0.25) is 5.75 Å². The van der Waals surface area contributed by atoms with Gasteiger partial charge in [0, 0.05) is 6.08 Å². The molecule has 8 nitrogen and oxygen atoms in total. The number of benzene rings is 1. The van der Waals surface area contributed by atoms with E-state index in [0.29, 0.717) is 22.8 Å². The average Bonchev–Trinajstić information content (AvgIpc) is 3.04. The SMILES string of the molecule is COc1cc(/C=C/C(=O)Oc2cn[nH]n2)cc(OC)c1OC. The molecule has 1 heterocycles. The summed E-state index contributed by atoms with van der Waals surface area (Å²) >= 11 is 0. The third-order valence-corrected chi connectivity index (χ3v) is 2.70. The summed E-state index contributed by atoms with van der Waals surface area (Å²) in [6.07, 6.45) is 4.12. The first kappa shape index (κ1) is 15.4. The number of aromatic nitrogens is 3. The Morgan fingerprint density at radius 1 is 1.14 bits per heavy atom. The molecule has 0 aliphatic carbocycles. The minimum absolute atomic E-state index is 0.0968. The molecule has 1 aromatic heterocycles. The van der Waals surface area contributed by atoms with E-state index in [-0.39, 0.29) is 5.88 Å². The number of rotatable bonds is 6. The Morgan fingerprint density at radius 2 is 1.82 bits per heavy atom. The molecule has 1 aromatic carbocycles. The van der Waals surface area contributed by atoms with E-state index in [4.69, 9.17) is 18.9 Å². The zero-order chi connectivity index (χ0) is 15.9. The molecule has 0 bridgehead atoms. The Labute approximate surface area is 126 Å². The van der Waals surface area contributed by atoms with Gasteiger partial charge in [-0.15, -0.1) is 5.10 Å². The first-order chi connectivity index (χ1) is 10.7. The van der Waals surface area contributed by atoms with Crippen molar-refractivity contribution in [3.05, 3.63) is 30.0 Å². The van der Waals surface area contributed by atoms with Gasteiger partial charge in [-0.2, -0.15) is 10.3 Å². The molecule has 2 rings (SSSR count). The summed E-state index contributed by atoms with van der Waals surface area (Å²) in [5, 5.41) is 9.50. The van der Waals surface area contributed by atoms with Gasteiger partial charge in [-0.1, -0.05) is 0 Å². The minimum atomic E-state index is -0.581. The van der Waals surface area contributed by atoms with Crippen molar-refractivity contribution in [2.75, 3.05) is 21.3 Å². The second kappa shape index (κ2) is 7.11. The molecule has 116 valence electrons. The highest BCUT2D eigenvalue weighted by Crippen LogP contribution is 2.38. The monoisotopic (exact) mass is 305 g/mol. The number of ether oxygens (including phenoxy) is 4. The normalized spacial score (nSPS) is 10.5. The van der Waals surface area contributed by atoms with Crippen LogP contribution in [0.25, 0.3) is 6.08 Å². The van der Waals surface area contributed by atoms with E-state index in [2.05, 4.69) is 15.4 Å². The van der Waals surface area contributed by atoms with Crippen molar-refractivity contribution in [1.29, 1.82) is 0 Å². The summed E-state index contributed by atoms with van der Waals surface area (Å²) in [5.41, 5.74) is 0.687. The molecule has 0 unspecified atom stereocenters. The van der Waals surface area contributed by atoms with Crippen molar-refractivity contribution in [2.24, 2.45) is 0 Å². The lowest BCUT2D eigenvalue weighted by Crippen LogP contribution is -2.03. The second-order valence-electron chi connectivity index (χ2n) is 4.02. The zero-order valence-corrected chi connectivity index (χ0v) is 12.3. The molecule has 0 aliphatic heterocycles. The summed E-state index contributed by atoms with van der Waals surface area (Å²) in [5.74, 6) is 0.979. The Morgan fingerprint density at radius 3 is 2.32 bits per heavy atom. The lowest BCUT2D eigenvalue weighted by molar-refractivity contribution is -0.129. The Hall–Kier alpha value is -3.03. The van der Waals surface area contributed by atoms with E-state index in [1.165, 1.54) is 33.6 Å². The maximum absolute atomic E-state index is 11.6. The third-order valence-electron chi connectivity index (χ3n) is 2.70. The molecular weight excluding hydrogens is 290 g/mol. The number of nitrogens with one attached hydrogen (secondary N) is 1. The van der Waals surface area contributed by atoms with E-state index in [1.807, 2.05) is 0 Å². The molecule has 1 N–H and O–H groups in total. The Kier molecular flexibility index (Phi) is 4.97. The lowest BCUT2D eigenvalue weighted by atomic mass is 10.1. The fourth-order valence-corrected chi connectivity index (χ4v) is 1.74. The summed E-state index contributed by atoms with van der Waals surface area (Å²) in [7, 11) is 4.55. The van der Waals surface area contributed by atoms with Gasteiger partial charge in [-0.3, -0.25) is 0 Å². The predicted octanol–water partition coefficient (Wildman–Crippen LogP) is 1.45. The van der Waals surface area contributed by atoms with Gasteiger partial charge in [-0.25, -0.2) is 4.79 Å². The van der Waals surface area contributed by atoms with E-state index in [0.717, 1.165) is 0 Å². The molecule has 0 radical (unpaired) electrons. The highest BCUT2D eigenvalue weighted by molar-refractivity contribution is 5.88. The molecule has 0 atom stereocenters. The van der Waals surface area contributed by atoms with Gasteiger partial charge in [0.05, 0.1) is 21.3 Å². The largest absolute Gasteiger partial charge is 0.493 e. The van der Waals surface area contributed by atoms with Crippen LogP contribution in [0.5, 0.6) is 23.1 Å². The van der Waals surface area contributed by atoms with E-state index >= 15 is 0 Å². The maximum atomic E-state index is 11.6. The molecule has 0 spiro atoms. The molecular formula is C14H15N3O5. The molecule has 2 aromatic rings. The quantitative estimate of drug-likeness (QED) is 0.637. The molecule has 8 heteroatoms. The Bertz CT molecular complexity index is 642. The van der Waals surface area contributed by atoms with Crippen LogP contribution in [0.2, 0.25) is 0 Å². The van der Waals surface area contributed by atoms with Crippen LogP contribution < -0.4 is 18.9 Å². The zero-order valence-electron chi connectivity index (χ0n) is 12.3. The summed E-state index contributed by atoms with van der Waals surface area (Å²) in [6.45, 7) is 0. The highest BCUT2D eigenvalue weighted by atomic mass is 16.5. The van der Waals surface area contributed by atoms with Gasteiger partial charge >= 0.3 is 5.97 Å². The average molecular weight is 305 g/mol. The minimum Gasteiger partial charge on any atom is -0.493 e. The first-order valence-corrected chi connectivity index (χ1v) is 6.23. The van der Waals surface area contributed by atoms with E-state index in [1.54, 1.807) is 18.2 Å². The van der Waals surface area contributed by atoms with Gasteiger partial charge in [0.15, 0.2) is 11.5 Å². The molecule has 0 saturated carbocycles. The van der Waals surface area contributed by atoms with Crippen molar-refractivity contribution in [3.63, 3.8) is 0 Å². The predicted molar refractivity (Wildman–Crippen MR) is 77.1 cm³/mol. The number of nitrogens with zero attached hydrogens (tertiary/aromatic N) is 2. The summed E-state index contributed by atoms with van der Waals surface area (Å²) in [6, 6.07) is 3.42. The third kappa shape index (κ3) is 3.54. The van der Waals surface area contributed by atoms with Crippen LogP contribution in [0.4, 0.5) is 0 Å². The standard InChI is InChI=1S/C14H15N3O5/c1-19-10-6-9(7-11(20-2)14(10)21-3)4-5-13(18)22-12-8-15-17-16-12/h4-8H,1-3H3,(H,15,16,17)/b5-4+. The van der Waals surface area contributed by atoms with E-state index < -0.39 is 5.97 Å². The summed E-state index contributed by atoms with van der Waals surface area (Å²) < 4.78 is 20.6. The van der Waals surface area contributed by atoms with Gasteiger partial charge in [0.1, 0.15) is 6.20 Å². The number of carbonyl (C=O) groups excluding carboxylic acids is 1. The number of carbonyl (C=O) groups is 1. The number of esters is 1. The molecule has 0 fully saturated rings.